The van der Waals surface area contributed by atoms with Gasteiger partial charge >= 0.3 is 23.9 Å². The first-order valence-electron chi connectivity index (χ1n) is 16.3. The van der Waals surface area contributed by atoms with Crippen LogP contribution >= 0.6 is 0 Å². The van der Waals surface area contributed by atoms with Gasteiger partial charge in [0.2, 0.25) is 0 Å². The van der Waals surface area contributed by atoms with Crippen molar-refractivity contribution in [3.8, 4) is 11.5 Å². The second kappa shape index (κ2) is 23.8. The number of hydrogen-bond donors (Lipinski definition) is 3. The van der Waals surface area contributed by atoms with E-state index >= 15 is 0 Å². The lowest BCUT2D eigenvalue weighted by atomic mass is 10.1. The van der Waals surface area contributed by atoms with Crippen LogP contribution in [-0.2, 0) is 19.1 Å². The van der Waals surface area contributed by atoms with E-state index in [2.05, 4.69) is 60.8 Å². The average molecular weight is 672 g/mol. The number of esters is 3. The number of ether oxygens (including phenoxy) is 2. The van der Waals surface area contributed by atoms with Crippen molar-refractivity contribution in [1.29, 1.82) is 0 Å². The van der Waals surface area contributed by atoms with Crippen LogP contribution in [0.4, 0.5) is 0 Å². The summed E-state index contributed by atoms with van der Waals surface area (Å²) >= 11 is 0. The lowest BCUT2D eigenvalue weighted by molar-refractivity contribution is -0.161. The van der Waals surface area contributed by atoms with Crippen molar-refractivity contribution < 1.29 is 43.7 Å². The first-order chi connectivity index (χ1) is 23.7. The molecule has 49 heavy (non-hydrogen) atoms. The van der Waals surface area contributed by atoms with E-state index in [-0.39, 0.29) is 35.5 Å². The molecular weight excluding hydrogens is 626 g/mol. The number of hydrogen-bond acceptors (Lipinski definition) is 8. The number of nitrogens with one attached hydrogen (secondary N) is 1. The molecule has 0 aromatic heterocycles. The van der Waals surface area contributed by atoms with Gasteiger partial charge < -0.3 is 25.0 Å². The standard InChI is InChI=1S/C39H45NO9/c1-2-3-4-5-6-7-8-9-10-11-12-13-14-15-16-17-18-27-36(44)49-39(47)32(28-29-35(42)43)40-37(45)31-24-20-22-26-34(31)48-38(46)30-23-19-21-25-33(30)41/h3-4,6-7,9-10,12-13,15-16,19-26,32,41H,2,5,8,11,14,17-18,27-29H2,1H3,(H,40,45)(H,42,43)/b4-3-,7-6-,10-9-,13-12-,16-15-. The largest absolute Gasteiger partial charge is 0.507 e. The molecule has 0 aliphatic heterocycles. The average Bonchev–Trinajstić information content (AvgIpc) is 3.08. The Hall–Kier alpha value is -5.51. The topological polar surface area (TPSA) is 156 Å². The number of rotatable bonds is 21. The molecule has 0 saturated carbocycles. The number of carboxylic acids is 1. The third-order valence-corrected chi connectivity index (χ3v) is 6.82. The number of allylic oxidation sites excluding steroid dienone is 10. The first-order valence-corrected chi connectivity index (χ1v) is 16.3. The number of phenols is 1. The minimum atomic E-state index is -1.46. The molecule has 0 heterocycles. The molecule has 10 heteroatoms. The second-order valence-corrected chi connectivity index (χ2v) is 10.8. The highest BCUT2D eigenvalue weighted by molar-refractivity contribution is 6.01. The smallest absolute Gasteiger partial charge is 0.347 e. The molecule has 0 aliphatic rings. The minimum absolute atomic E-state index is 0.0508. The number of aliphatic carboxylic acids is 1. The lowest BCUT2D eigenvalue weighted by Crippen LogP contribution is -2.43. The van der Waals surface area contributed by atoms with E-state index in [0.717, 1.165) is 32.1 Å². The van der Waals surface area contributed by atoms with Crippen LogP contribution in [0.2, 0.25) is 0 Å². The zero-order valence-corrected chi connectivity index (χ0v) is 27.8. The molecular formula is C39H45NO9. The summed E-state index contributed by atoms with van der Waals surface area (Å²) in [5.41, 5.74) is -0.261. The van der Waals surface area contributed by atoms with Gasteiger partial charge in [-0.15, -0.1) is 0 Å². The third-order valence-electron chi connectivity index (χ3n) is 6.82. The van der Waals surface area contributed by atoms with Crippen molar-refractivity contribution in [1.82, 2.24) is 5.32 Å². The summed E-state index contributed by atoms with van der Waals surface area (Å²) in [5.74, 6) is -5.37. The van der Waals surface area contributed by atoms with Gasteiger partial charge in [0.05, 0.1) is 5.56 Å². The highest BCUT2D eigenvalue weighted by atomic mass is 16.6. The Balaban J connectivity index is 1.81. The number of carboxylic acid groups (broad SMARTS) is 1. The lowest BCUT2D eigenvalue weighted by Gasteiger charge is -2.17. The van der Waals surface area contributed by atoms with Gasteiger partial charge in [0, 0.05) is 12.8 Å². The van der Waals surface area contributed by atoms with Crippen molar-refractivity contribution in [2.45, 2.75) is 77.2 Å². The van der Waals surface area contributed by atoms with E-state index in [9.17, 15) is 29.1 Å². The maximum atomic E-state index is 13.1. The fourth-order valence-electron chi connectivity index (χ4n) is 4.26. The third kappa shape index (κ3) is 16.7. The molecule has 3 N–H and O–H groups in total. The van der Waals surface area contributed by atoms with Gasteiger partial charge in [0.1, 0.15) is 23.1 Å². The number of aromatic hydroxyl groups is 1. The Morgan fingerprint density at radius 2 is 1.29 bits per heavy atom. The van der Waals surface area contributed by atoms with Gasteiger partial charge in [-0.1, -0.05) is 91.9 Å². The Bertz CT molecular complexity index is 1530. The molecule has 260 valence electrons. The molecule has 1 amide bonds. The van der Waals surface area contributed by atoms with E-state index in [4.69, 9.17) is 14.6 Å². The van der Waals surface area contributed by atoms with Crippen LogP contribution < -0.4 is 10.1 Å². The first kappa shape index (κ1) is 39.7. The van der Waals surface area contributed by atoms with Gasteiger partial charge in [-0.25, -0.2) is 9.59 Å². The molecule has 2 aromatic carbocycles. The fourth-order valence-corrected chi connectivity index (χ4v) is 4.26. The summed E-state index contributed by atoms with van der Waals surface area (Å²) in [5, 5.41) is 21.5. The van der Waals surface area contributed by atoms with Crippen LogP contribution in [0.15, 0.2) is 109 Å². The molecule has 0 spiro atoms. The molecule has 0 bridgehead atoms. The maximum Gasteiger partial charge on any atom is 0.347 e. The number of amides is 1. The number of carbonyl (C=O) groups is 5. The Labute approximate surface area is 287 Å². The SMILES string of the molecule is CC/C=C\C/C=C\C/C=C\C/C=C\C/C=C\CCCC(=O)OC(=O)C(CCC(=O)O)NC(=O)c1ccccc1OC(=O)c1ccccc1O. The van der Waals surface area contributed by atoms with Crippen molar-refractivity contribution in [3.05, 3.63) is 120 Å². The second-order valence-electron chi connectivity index (χ2n) is 10.8. The van der Waals surface area contributed by atoms with E-state index in [0.29, 0.717) is 12.8 Å². The number of carbonyl (C=O) groups excluding carboxylic acids is 4. The Morgan fingerprint density at radius 1 is 0.735 bits per heavy atom. The molecule has 1 atom stereocenters. The summed E-state index contributed by atoms with van der Waals surface area (Å²) in [6, 6.07) is 9.94. The molecule has 0 aliphatic carbocycles. The quantitative estimate of drug-likeness (QED) is 0.0400. The normalized spacial score (nSPS) is 12.3. The molecule has 0 radical (unpaired) electrons. The van der Waals surface area contributed by atoms with Crippen molar-refractivity contribution in [2.24, 2.45) is 0 Å². The maximum absolute atomic E-state index is 13.1. The van der Waals surface area contributed by atoms with Crippen molar-refractivity contribution in [3.63, 3.8) is 0 Å². The highest BCUT2D eigenvalue weighted by Gasteiger charge is 2.27. The Morgan fingerprint density at radius 3 is 1.88 bits per heavy atom. The van der Waals surface area contributed by atoms with Crippen LogP contribution in [0.3, 0.4) is 0 Å². The van der Waals surface area contributed by atoms with Gasteiger partial charge in [-0.05, 0) is 75.6 Å². The molecule has 0 fully saturated rings. The van der Waals surface area contributed by atoms with Crippen molar-refractivity contribution >= 4 is 29.8 Å². The minimum Gasteiger partial charge on any atom is -0.507 e. The molecule has 10 nitrogen and oxygen atoms in total. The zero-order valence-electron chi connectivity index (χ0n) is 27.8. The van der Waals surface area contributed by atoms with Crippen LogP contribution in [0.25, 0.3) is 0 Å². The van der Waals surface area contributed by atoms with E-state index in [1.54, 1.807) is 0 Å². The van der Waals surface area contributed by atoms with Gasteiger partial charge in [-0.2, -0.15) is 0 Å². The van der Waals surface area contributed by atoms with Crippen LogP contribution in [-0.4, -0.2) is 46.0 Å². The van der Waals surface area contributed by atoms with Gasteiger partial charge in [0.25, 0.3) is 5.91 Å². The summed E-state index contributed by atoms with van der Waals surface area (Å²) in [6.45, 7) is 2.12. The zero-order chi connectivity index (χ0) is 35.7. The molecule has 0 saturated heterocycles. The highest BCUT2D eigenvalue weighted by Crippen LogP contribution is 2.23. The Kier molecular flexibility index (Phi) is 19.2. The van der Waals surface area contributed by atoms with E-state index in [1.807, 2.05) is 12.2 Å². The monoisotopic (exact) mass is 671 g/mol. The number of unbranched alkanes of at least 4 members (excludes halogenated alkanes) is 1. The van der Waals surface area contributed by atoms with Crippen LogP contribution in [0.1, 0.15) is 91.8 Å². The summed E-state index contributed by atoms with van der Waals surface area (Å²) in [7, 11) is 0. The van der Waals surface area contributed by atoms with E-state index < -0.39 is 42.2 Å². The number of benzene rings is 2. The molecule has 1 unspecified atom stereocenters. The van der Waals surface area contributed by atoms with Crippen molar-refractivity contribution in [2.75, 3.05) is 0 Å². The fraction of sp³-hybridized carbons (Fsp3) is 0.308. The summed E-state index contributed by atoms with van der Waals surface area (Å²) in [4.78, 5) is 62.1. The van der Waals surface area contributed by atoms with Crippen LogP contribution in [0.5, 0.6) is 11.5 Å². The number of para-hydroxylation sites is 2. The predicted octanol–water partition coefficient (Wildman–Crippen LogP) is 7.57. The number of phenolic OH excluding ortho intramolecular Hbond substituents is 1. The van der Waals surface area contributed by atoms with Gasteiger partial charge in [-0.3, -0.25) is 14.4 Å². The summed E-state index contributed by atoms with van der Waals surface area (Å²) in [6.07, 6.45) is 25.6. The molecule has 2 aromatic rings. The van der Waals surface area contributed by atoms with E-state index in [1.165, 1.54) is 48.5 Å². The summed E-state index contributed by atoms with van der Waals surface area (Å²) < 4.78 is 10.3. The predicted molar refractivity (Wildman–Crippen MR) is 187 cm³/mol. The van der Waals surface area contributed by atoms with Gasteiger partial charge in [0.15, 0.2) is 0 Å². The molecule has 2 rings (SSSR count). The van der Waals surface area contributed by atoms with Crippen LogP contribution in [0, 0.1) is 0 Å².